The summed E-state index contributed by atoms with van der Waals surface area (Å²) in [7, 11) is 0. The number of nitrogens with one attached hydrogen (secondary N) is 1. The third-order valence-electron chi connectivity index (χ3n) is 2.38. The highest BCUT2D eigenvalue weighted by Crippen LogP contribution is 2.02. The van der Waals surface area contributed by atoms with Gasteiger partial charge in [0.2, 0.25) is 0 Å². The van der Waals surface area contributed by atoms with Crippen LogP contribution in [0.25, 0.3) is 0 Å². The molecule has 1 heterocycles. The third kappa shape index (κ3) is 4.38. The normalized spacial score (nSPS) is 11.2. The molecule has 1 amide bonds. The number of pyridine rings is 1. The highest BCUT2D eigenvalue weighted by atomic mass is 16.4. The molecule has 0 saturated carbocycles. The Morgan fingerprint density at radius 2 is 2.05 bits per heavy atom. The summed E-state index contributed by atoms with van der Waals surface area (Å²) in [6.07, 6.45) is 0.576. The van der Waals surface area contributed by atoms with Crippen LogP contribution in [0.4, 0.5) is 0 Å². The van der Waals surface area contributed by atoms with Crippen molar-refractivity contribution in [2.24, 2.45) is 0 Å². The fraction of sp³-hybridized carbons (Fsp3) is 0.250. The number of aromatic nitrogens is 1. The number of amides is 1. The van der Waals surface area contributed by atoms with Gasteiger partial charge in [0.25, 0.3) is 5.91 Å². The van der Waals surface area contributed by atoms with Gasteiger partial charge in [0.1, 0.15) is 17.8 Å². The molecule has 1 atom stereocenters. The second-order valence-corrected chi connectivity index (χ2v) is 3.84. The average Bonchev–Trinajstić information content (AvgIpc) is 2.42. The number of hydrogen-bond acceptors (Lipinski definition) is 5. The van der Waals surface area contributed by atoms with E-state index in [0.29, 0.717) is 0 Å². The van der Waals surface area contributed by atoms with Crippen LogP contribution < -0.4 is 5.32 Å². The second kappa shape index (κ2) is 6.84. The van der Waals surface area contributed by atoms with E-state index in [4.69, 9.17) is 15.5 Å². The van der Waals surface area contributed by atoms with Crippen LogP contribution in [0, 0.1) is 11.3 Å². The van der Waals surface area contributed by atoms with E-state index >= 15 is 0 Å². The lowest BCUT2D eigenvalue weighted by Crippen LogP contribution is -2.41. The molecule has 0 aliphatic carbocycles. The molecule has 0 aromatic carbocycles. The lowest BCUT2D eigenvalue weighted by molar-refractivity contribution is -0.140. The van der Waals surface area contributed by atoms with Crippen LogP contribution in [0.5, 0.6) is 0 Å². The molecule has 3 N–H and O–H groups in total. The Balaban J connectivity index is 2.72. The minimum Gasteiger partial charge on any atom is -0.481 e. The van der Waals surface area contributed by atoms with Gasteiger partial charge in [-0.2, -0.15) is 5.26 Å². The van der Waals surface area contributed by atoms with Crippen molar-refractivity contribution in [3.05, 3.63) is 29.6 Å². The fourth-order valence-electron chi connectivity index (χ4n) is 1.35. The lowest BCUT2D eigenvalue weighted by Gasteiger charge is -2.12. The molecule has 8 heteroatoms. The topological polar surface area (TPSA) is 140 Å². The number of carbonyl (C=O) groups is 3. The van der Waals surface area contributed by atoms with E-state index in [1.54, 1.807) is 0 Å². The zero-order valence-electron chi connectivity index (χ0n) is 10.2. The smallest absolute Gasteiger partial charge is 0.326 e. The Morgan fingerprint density at radius 3 is 2.50 bits per heavy atom. The van der Waals surface area contributed by atoms with Gasteiger partial charge >= 0.3 is 11.9 Å². The minimum atomic E-state index is -1.33. The molecule has 0 aliphatic rings. The highest BCUT2D eigenvalue weighted by molar-refractivity contribution is 5.95. The van der Waals surface area contributed by atoms with Gasteiger partial charge in [-0.05, 0) is 18.6 Å². The van der Waals surface area contributed by atoms with Crippen molar-refractivity contribution >= 4 is 17.8 Å². The average molecular weight is 277 g/mol. The summed E-state index contributed by atoms with van der Waals surface area (Å²) in [4.78, 5) is 36.8. The number of carboxylic acids is 2. The van der Waals surface area contributed by atoms with Crippen molar-refractivity contribution in [2.75, 3.05) is 0 Å². The van der Waals surface area contributed by atoms with Crippen LogP contribution >= 0.6 is 0 Å². The molecule has 1 aromatic rings. The Labute approximate surface area is 113 Å². The van der Waals surface area contributed by atoms with Crippen molar-refractivity contribution in [1.82, 2.24) is 10.3 Å². The molecule has 0 fully saturated rings. The zero-order chi connectivity index (χ0) is 15.1. The van der Waals surface area contributed by atoms with Crippen LogP contribution in [0.2, 0.25) is 0 Å². The molecule has 0 aliphatic heterocycles. The molecular formula is C12H11N3O5. The van der Waals surface area contributed by atoms with E-state index in [-0.39, 0.29) is 24.1 Å². The summed E-state index contributed by atoms with van der Waals surface area (Å²) >= 11 is 0. The van der Waals surface area contributed by atoms with Crippen LogP contribution in [0.1, 0.15) is 28.9 Å². The lowest BCUT2D eigenvalue weighted by atomic mass is 10.1. The maximum atomic E-state index is 11.7. The summed E-state index contributed by atoms with van der Waals surface area (Å²) in [6.45, 7) is 0. The van der Waals surface area contributed by atoms with Gasteiger partial charge in [0.05, 0.1) is 5.56 Å². The number of nitrogens with zero attached hydrogens (tertiary/aromatic N) is 2. The van der Waals surface area contributed by atoms with E-state index in [0.717, 1.165) is 0 Å². The number of aliphatic carboxylic acids is 2. The first kappa shape index (κ1) is 15.1. The van der Waals surface area contributed by atoms with Crippen LogP contribution in [-0.2, 0) is 9.59 Å². The first-order chi connectivity index (χ1) is 9.43. The first-order valence-corrected chi connectivity index (χ1v) is 5.55. The Kier molecular flexibility index (Phi) is 5.17. The van der Waals surface area contributed by atoms with E-state index in [1.807, 2.05) is 6.07 Å². The van der Waals surface area contributed by atoms with Crippen molar-refractivity contribution < 1.29 is 24.6 Å². The maximum Gasteiger partial charge on any atom is 0.326 e. The first-order valence-electron chi connectivity index (χ1n) is 5.55. The van der Waals surface area contributed by atoms with Gasteiger partial charge < -0.3 is 15.5 Å². The highest BCUT2D eigenvalue weighted by Gasteiger charge is 2.22. The second-order valence-electron chi connectivity index (χ2n) is 3.84. The minimum absolute atomic E-state index is 0.0504. The molecule has 0 radical (unpaired) electrons. The fourth-order valence-corrected chi connectivity index (χ4v) is 1.35. The molecule has 1 aromatic heterocycles. The molecule has 8 nitrogen and oxygen atoms in total. The summed E-state index contributed by atoms with van der Waals surface area (Å²) in [6, 6.07) is 3.17. The van der Waals surface area contributed by atoms with E-state index in [1.165, 1.54) is 18.3 Å². The number of hydrogen-bond donors (Lipinski definition) is 3. The molecule has 0 bridgehead atoms. The number of rotatable bonds is 6. The number of carbonyl (C=O) groups excluding carboxylic acids is 1. The van der Waals surface area contributed by atoms with Crippen LogP contribution in [0.15, 0.2) is 18.3 Å². The molecule has 0 spiro atoms. The van der Waals surface area contributed by atoms with Crippen molar-refractivity contribution in [1.29, 1.82) is 5.26 Å². The Hall–Kier alpha value is -2.95. The molecule has 104 valence electrons. The van der Waals surface area contributed by atoms with E-state index < -0.39 is 23.9 Å². The monoisotopic (exact) mass is 277 g/mol. The SMILES string of the molecule is N#Cc1ccc(C(=O)N[C@@H](CCC(=O)O)C(=O)O)nc1. The van der Waals surface area contributed by atoms with Gasteiger partial charge in [0.15, 0.2) is 0 Å². The summed E-state index contributed by atoms with van der Waals surface area (Å²) in [5.41, 5.74) is 0.216. The predicted octanol–water partition coefficient (Wildman–Crippen LogP) is 0.00108. The Bertz CT molecular complexity index is 561. The quantitative estimate of drug-likeness (QED) is 0.664. The summed E-state index contributed by atoms with van der Waals surface area (Å²) in [5, 5.41) is 28.2. The number of nitriles is 1. The number of carboxylic acid groups (broad SMARTS) is 2. The van der Waals surface area contributed by atoms with Crippen molar-refractivity contribution in [3.8, 4) is 6.07 Å². The molecule has 1 rings (SSSR count). The molecule has 20 heavy (non-hydrogen) atoms. The summed E-state index contributed by atoms with van der Waals surface area (Å²) < 4.78 is 0. The van der Waals surface area contributed by atoms with Crippen LogP contribution in [-0.4, -0.2) is 39.1 Å². The van der Waals surface area contributed by atoms with Crippen molar-refractivity contribution in [2.45, 2.75) is 18.9 Å². The zero-order valence-corrected chi connectivity index (χ0v) is 10.2. The maximum absolute atomic E-state index is 11.7. The van der Waals surface area contributed by atoms with Crippen molar-refractivity contribution in [3.63, 3.8) is 0 Å². The molecular weight excluding hydrogens is 266 g/mol. The predicted molar refractivity (Wildman–Crippen MR) is 64.7 cm³/mol. The van der Waals surface area contributed by atoms with Gasteiger partial charge in [-0.3, -0.25) is 9.59 Å². The largest absolute Gasteiger partial charge is 0.481 e. The van der Waals surface area contributed by atoms with E-state index in [9.17, 15) is 14.4 Å². The standard InChI is InChI=1S/C12H11N3O5/c13-5-7-1-2-8(14-6-7)11(18)15-9(12(19)20)3-4-10(16)17/h1-2,6,9H,3-4H2,(H,15,18)(H,16,17)(H,19,20)/t9-/m0/s1. The Morgan fingerprint density at radius 1 is 1.35 bits per heavy atom. The molecule has 0 unspecified atom stereocenters. The third-order valence-corrected chi connectivity index (χ3v) is 2.38. The van der Waals surface area contributed by atoms with Gasteiger partial charge in [-0.25, -0.2) is 9.78 Å². The van der Waals surface area contributed by atoms with Crippen LogP contribution in [0.3, 0.4) is 0 Å². The van der Waals surface area contributed by atoms with Gasteiger partial charge in [-0.1, -0.05) is 0 Å². The summed E-state index contributed by atoms with van der Waals surface area (Å²) in [5.74, 6) is -3.22. The molecule has 0 saturated heterocycles. The van der Waals surface area contributed by atoms with Gasteiger partial charge in [-0.15, -0.1) is 0 Å². The van der Waals surface area contributed by atoms with E-state index in [2.05, 4.69) is 10.3 Å². The van der Waals surface area contributed by atoms with Gasteiger partial charge in [0, 0.05) is 12.6 Å².